The fourth-order valence-corrected chi connectivity index (χ4v) is 2.60. The summed E-state index contributed by atoms with van der Waals surface area (Å²) in [4.78, 5) is 23.4. The van der Waals surface area contributed by atoms with Gasteiger partial charge in [0.25, 0.3) is 0 Å². The molecule has 0 spiro atoms. The molecule has 2 N–H and O–H groups in total. The average Bonchev–Trinajstić information content (AvgIpc) is 2.53. The van der Waals surface area contributed by atoms with Gasteiger partial charge in [-0.05, 0) is 29.3 Å². The van der Waals surface area contributed by atoms with E-state index in [2.05, 4.69) is 5.32 Å². The van der Waals surface area contributed by atoms with Gasteiger partial charge in [0, 0.05) is 11.4 Å². The minimum absolute atomic E-state index is 0.00419. The molecule has 26 heavy (non-hydrogen) atoms. The highest BCUT2D eigenvalue weighted by molar-refractivity contribution is 6.30. The Balaban J connectivity index is 2.05. The number of nitrogens with one attached hydrogen (secondary N) is 1. The van der Waals surface area contributed by atoms with Crippen LogP contribution in [0.4, 0.5) is 13.2 Å². The zero-order chi connectivity index (χ0) is 19.3. The summed E-state index contributed by atoms with van der Waals surface area (Å²) < 4.78 is 38.1. The molecule has 4 nitrogen and oxygen atoms in total. The number of carbonyl (C=O) groups excluding carboxylic acids is 1. The van der Waals surface area contributed by atoms with Crippen LogP contribution in [0.3, 0.4) is 0 Å². The summed E-state index contributed by atoms with van der Waals surface area (Å²) in [5, 5.41) is 12.0. The lowest BCUT2D eigenvalue weighted by Gasteiger charge is -2.15. The van der Waals surface area contributed by atoms with Crippen LogP contribution in [0.1, 0.15) is 16.7 Å². The largest absolute Gasteiger partial charge is 0.480 e. The Morgan fingerprint density at radius 3 is 2.35 bits per heavy atom. The van der Waals surface area contributed by atoms with Gasteiger partial charge >= 0.3 is 12.1 Å². The Bertz CT molecular complexity index is 808. The van der Waals surface area contributed by atoms with Gasteiger partial charge in [-0.25, -0.2) is 4.79 Å². The van der Waals surface area contributed by atoms with Crippen molar-refractivity contribution in [1.82, 2.24) is 5.32 Å². The normalized spacial score (nSPS) is 12.5. The molecule has 0 aliphatic rings. The zero-order valence-electron chi connectivity index (χ0n) is 13.4. The van der Waals surface area contributed by atoms with Crippen LogP contribution < -0.4 is 5.32 Å². The van der Waals surface area contributed by atoms with E-state index in [-0.39, 0.29) is 18.4 Å². The molecule has 1 amide bonds. The van der Waals surface area contributed by atoms with Crippen LogP contribution in [0, 0.1) is 0 Å². The number of alkyl halides is 3. The van der Waals surface area contributed by atoms with Gasteiger partial charge in [0.1, 0.15) is 6.04 Å². The molecule has 0 heterocycles. The van der Waals surface area contributed by atoms with Crippen molar-refractivity contribution in [1.29, 1.82) is 0 Å². The molecule has 138 valence electrons. The molecule has 2 aromatic carbocycles. The maximum Gasteiger partial charge on any atom is 0.416 e. The highest BCUT2D eigenvalue weighted by atomic mass is 35.5. The standard InChI is InChI=1S/C18H15ClF3NO3/c19-14-6-2-4-12(8-14)9-15(17(25)26)23-16(24)10-11-3-1-5-13(7-11)18(20,21)22/h1-8,15H,9-10H2,(H,23,24)(H,25,26)/t15-/m0/s1. The van der Waals surface area contributed by atoms with E-state index in [4.69, 9.17) is 11.6 Å². The van der Waals surface area contributed by atoms with Gasteiger partial charge < -0.3 is 10.4 Å². The Morgan fingerprint density at radius 1 is 1.08 bits per heavy atom. The number of aliphatic carboxylic acids is 1. The van der Waals surface area contributed by atoms with E-state index in [1.54, 1.807) is 24.3 Å². The van der Waals surface area contributed by atoms with Gasteiger partial charge in [0.05, 0.1) is 12.0 Å². The second kappa shape index (κ2) is 8.23. The average molecular weight is 386 g/mol. The van der Waals surface area contributed by atoms with Crippen LogP contribution in [0.25, 0.3) is 0 Å². The van der Waals surface area contributed by atoms with Crippen molar-refractivity contribution in [3.8, 4) is 0 Å². The lowest BCUT2D eigenvalue weighted by Crippen LogP contribution is -2.43. The topological polar surface area (TPSA) is 66.4 Å². The van der Waals surface area contributed by atoms with Gasteiger partial charge in [0.2, 0.25) is 5.91 Å². The molecule has 0 aromatic heterocycles. The summed E-state index contributed by atoms with van der Waals surface area (Å²) in [5.41, 5.74) is -0.106. The fraction of sp³-hybridized carbons (Fsp3) is 0.222. The third kappa shape index (κ3) is 5.77. The molecule has 0 saturated heterocycles. The van der Waals surface area contributed by atoms with Crippen LogP contribution in [-0.4, -0.2) is 23.0 Å². The zero-order valence-corrected chi connectivity index (χ0v) is 14.1. The molecular weight excluding hydrogens is 371 g/mol. The van der Waals surface area contributed by atoms with Crippen molar-refractivity contribution >= 4 is 23.5 Å². The first-order chi connectivity index (χ1) is 12.1. The number of benzene rings is 2. The number of amides is 1. The van der Waals surface area contributed by atoms with Crippen LogP contribution in [0.5, 0.6) is 0 Å². The third-order valence-corrected chi connectivity index (χ3v) is 3.82. The number of hydrogen-bond donors (Lipinski definition) is 2. The highest BCUT2D eigenvalue weighted by Crippen LogP contribution is 2.29. The smallest absolute Gasteiger partial charge is 0.416 e. The van der Waals surface area contributed by atoms with Crippen molar-refractivity contribution in [2.45, 2.75) is 25.1 Å². The van der Waals surface area contributed by atoms with Gasteiger partial charge in [0.15, 0.2) is 0 Å². The minimum Gasteiger partial charge on any atom is -0.480 e. The van der Waals surface area contributed by atoms with Crippen molar-refractivity contribution < 1.29 is 27.9 Å². The molecule has 8 heteroatoms. The van der Waals surface area contributed by atoms with E-state index >= 15 is 0 Å². The number of halogens is 4. The molecular formula is C18H15ClF3NO3. The summed E-state index contributed by atoms with van der Waals surface area (Å²) >= 11 is 5.85. The molecule has 0 radical (unpaired) electrons. The number of carboxylic acid groups (broad SMARTS) is 1. The number of carboxylic acids is 1. The van der Waals surface area contributed by atoms with Crippen LogP contribution in [0.15, 0.2) is 48.5 Å². The first kappa shape index (κ1) is 19.8. The van der Waals surface area contributed by atoms with Crippen LogP contribution in [-0.2, 0) is 28.6 Å². The summed E-state index contributed by atoms with van der Waals surface area (Å²) in [5.74, 6) is -1.93. The Labute approximate surface area is 152 Å². The van der Waals surface area contributed by atoms with E-state index in [1.807, 2.05) is 0 Å². The molecule has 0 saturated carbocycles. The van der Waals surface area contributed by atoms with E-state index in [0.29, 0.717) is 10.6 Å². The Hall–Kier alpha value is -2.54. The summed E-state index contributed by atoms with van der Waals surface area (Å²) in [6.45, 7) is 0. The number of rotatable bonds is 6. The van der Waals surface area contributed by atoms with Crippen molar-refractivity contribution in [3.05, 3.63) is 70.2 Å². The van der Waals surface area contributed by atoms with Crippen molar-refractivity contribution in [2.24, 2.45) is 0 Å². The highest BCUT2D eigenvalue weighted by Gasteiger charge is 2.30. The van der Waals surface area contributed by atoms with Gasteiger partial charge in [-0.1, -0.05) is 41.9 Å². The first-order valence-corrected chi connectivity index (χ1v) is 7.95. The molecule has 2 rings (SSSR count). The first-order valence-electron chi connectivity index (χ1n) is 7.58. The number of hydrogen-bond acceptors (Lipinski definition) is 2. The van der Waals surface area contributed by atoms with E-state index in [1.165, 1.54) is 12.1 Å². The van der Waals surface area contributed by atoms with E-state index in [0.717, 1.165) is 12.1 Å². The Kier molecular flexibility index (Phi) is 6.26. The fourth-order valence-electron chi connectivity index (χ4n) is 2.39. The van der Waals surface area contributed by atoms with Gasteiger partial charge in [-0.15, -0.1) is 0 Å². The monoisotopic (exact) mass is 385 g/mol. The predicted octanol–water partition coefficient (Wildman–Crippen LogP) is 3.71. The molecule has 2 aromatic rings. The maximum atomic E-state index is 12.7. The lowest BCUT2D eigenvalue weighted by atomic mass is 10.0. The third-order valence-electron chi connectivity index (χ3n) is 3.58. The number of carbonyl (C=O) groups is 2. The summed E-state index contributed by atoms with van der Waals surface area (Å²) in [6, 6.07) is 9.66. The molecule has 0 fully saturated rings. The second-order valence-electron chi connectivity index (χ2n) is 5.67. The van der Waals surface area contributed by atoms with E-state index < -0.39 is 29.7 Å². The maximum absolute atomic E-state index is 12.7. The molecule has 1 atom stereocenters. The molecule has 0 aliphatic heterocycles. The van der Waals surface area contributed by atoms with Crippen LogP contribution in [0.2, 0.25) is 5.02 Å². The predicted molar refractivity (Wildman–Crippen MR) is 89.9 cm³/mol. The van der Waals surface area contributed by atoms with Crippen LogP contribution >= 0.6 is 11.6 Å². The van der Waals surface area contributed by atoms with E-state index in [9.17, 15) is 27.9 Å². The molecule has 0 aliphatic carbocycles. The quantitative estimate of drug-likeness (QED) is 0.796. The van der Waals surface area contributed by atoms with Crippen molar-refractivity contribution in [2.75, 3.05) is 0 Å². The molecule has 0 unspecified atom stereocenters. The SMILES string of the molecule is O=C(Cc1cccc(C(F)(F)F)c1)N[C@@H](Cc1cccc(Cl)c1)C(=O)O. The van der Waals surface area contributed by atoms with Crippen molar-refractivity contribution in [3.63, 3.8) is 0 Å². The van der Waals surface area contributed by atoms with Gasteiger partial charge in [-0.3, -0.25) is 4.79 Å². The minimum atomic E-state index is -4.51. The Morgan fingerprint density at radius 2 is 1.73 bits per heavy atom. The summed E-state index contributed by atoms with van der Waals surface area (Å²) in [7, 11) is 0. The lowest BCUT2D eigenvalue weighted by molar-refractivity contribution is -0.141. The summed E-state index contributed by atoms with van der Waals surface area (Å²) in [6.07, 6.45) is -4.86. The van der Waals surface area contributed by atoms with Gasteiger partial charge in [-0.2, -0.15) is 13.2 Å². The molecule has 0 bridgehead atoms. The second-order valence-corrected chi connectivity index (χ2v) is 6.10.